The molecular weight excluding hydrogens is 110 g/mol. The number of terminal acetylenes is 1. The molecule has 0 radical (unpaired) electrons. The lowest BCUT2D eigenvalue weighted by Gasteiger charge is -2.03. The zero-order chi connectivity index (χ0) is 6.85. The Balaban J connectivity index is 2.21. The van der Waals surface area contributed by atoms with Crippen molar-refractivity contribution >= 4 is 0 Å². The van der Waals surface area contributed by atoms with Gasteiger partial charge in [-0.3, -0.25) is 0 Å². The maximum atomic E-state index is 5.17. The van der Waals surface area contributed by atoms with Gasteiger partial charge in [-0.15, -0.1) is 12.3 Å². The van der Waals surface area contributed by atoms with Crippen LogP contribution in [-0.4, -0.2) is 24.5 Å². The summed E-state index contributed by atoms with van der Waals surface area (Å²) in [5.41, 5.74) is 0. The average Bonchev–Trinajstić information content (AvgIpc) is 2.47. The minimum Gasteiger partial charge on any atom is -0.300 e. The Labute approximate surface area is 57.0 Å². The molecule has 9 heavy (non-hydrogen) atoms. The topological polar surface area (TPSA) is 3.01 Å². The molecule has 1 heterocycles. The third-order valence-corrected chi connectivity index (χ3v) is 2.00. The first-order valence-corrected chi connectivity index (χ1v) is 3.39. The lowest BCUT2D eigenvalue weighted by molar-refractivity contribution is 0.484. The molecule has 0 aromatic rings. The van der Waals surface area contributed by atoms with Gasteiger partial charge in [0.1, 0.15) is 0 Å². The molecule has 0 amide bonds. The summed E-state index contributed by atoms with van der Waals surface area (Å²) in [6.45, 7) is 3.46. The molecule has 1 aliphatic heterocycles. The third-order valence-electron chi connectivity index (χ3n) is 2.00. The van der Waals surface area contributed by atoms with Crippen molar-refractivity contribution in [2.75, 3.05) is 13.6 Å². The maximum absolute atomic E-state index is 5.17. The van der Waals surface area contributed by atoms with Gasteiger partial charge in [0.25, 0.3) is 0 Å². The van der Waals surface area contributed by atoms with Crippen molar-refractivity contribution in [1.29, 1.82) is 0 Å². The second-order valence-electron chi connectivity index (χ2n) is 2.89. The van der Waals surface area contributed by atoms with Crippen LogP contribution in [0, 0.1) is 18.3 Å². The Bertz CT molecular complexity index is 134. The van der Waals surface area contributed by atoms with Crippen LogP contribution in [0.4, 0.5) is 0 Å². The summed E-state index contributed by atoms with van der Waals surface area (Å²) in [5.74, 6) is 3.38. The second kappa shape index (κ2) is 2.41. The van der Waals surface area contributed by atoms with Gasteiger partial charge in [0.15, 0.2) is 0 Å². The van der Waals surface area contributed by atoms with E-state index >= 15 is 0 Å². The van der Waals surface area contributed by atoms with E-state index in [-0.39, 0.29) is 0 Å². The minimum atomic E-state index is 0.694. The highest BCUT2D eigenvalue weighted by molar-refractivity contribution is 4.96. The van der Waals surface area contributed by atoms with E-state index in [2.05, 4.69) is 24.8 Å². The summed E-state index contributed by atoms with van der Waals surface area (Å²) in [7, 11) is 2.14. The molecule has 3 atom stereocenters. The number of hydrogen-bond acceptors (Lipinski definition) is 1. The number of rotatable bonds is 2. The highest BCUT2D eigenvalue weighted by Gasteiger charge is 2.33. The largest absolute Gasteiger partial charge is 0.300 e. The molecule has 3 unspecified atom stereocenters. The summed E-state index contributed by atoms with van der Waals surface area (Å²) < 4.78 is 0. The zero-order valence-corrected chi connectivity index (χ0v) is 6.09. The first-order chi connectivity index (χ1) is 4.25. The Morgan fingerprint density at radius 2 is 2.44 bits per heavy atom. The van der Waals surface area contributed by atoms with Crippen LogP contribution in [0.25, 0.3) is 0 Å². The average molecular weight is 123 g/mol. The highest BCUT2D eigenvalue weighted by atomic mass is 15.3. The van der Waals surface area contributed by atoms with Gasteiger partial charge in [-0.1, -0.05) is 6.92 Å². The molecule has 1 saturated heterocycles. The van der Waals surface area contributed by atoms with Crippen LogP contribution in [0.2, 0.25) is 0 Å². The Morgan fingerprint density at radius 1 is 1.89 bits per heavy atom. The standard InChI is InChI=1S/C8H13N/c1-4-5-7(2)8-6-9(8)3/h1,7-8H,5-6H2,2-3H3. The fourth-order valence-corrected chi connectivity index (χ4v) is 1.18. The predicted octanol–water partition coefficient (Wildman–Crippen LogP) is 0.960. The fraction of sp³-hybridized carbons (Fsp3) is 0.750. The quantitative estimate of drug-likeness (QED) is 0.390. The highest BCUT2D eigenvalue weighted by Crippen LogP contribution is 2.24. The summed E-state index contributed by atoms with van der Waals surface area (Å²) in [5, 5.41) is 0. The summed E-state index contributed by atoms with van der Waals surface area (Å²) in [6.07, 6.45) is 6.10. The van der Waals surface area contributed by atoms with E-state index in [1.54, 1.807) is 0 Å². The lowest BCUT2D eigenvalue weighted by Crippen LogP contribution is -2.06. The van der Waals surface area contributed by atoms with E-state index in [9.17, 15) is 0 Å². The molecule has 1 aliphatic rings. The normalized spacial score (nSPS) is 35.2. The van der Waals surface area contributed by atoms with Gasteiger partial charge >= 0.3 is 0 Å². The van der Waals surface area contributed by atoms with Crippen molar-refractivity contribution < 1.29 is 0 Å². The monoisotopic (exact) mass is 123 g/mol. The van der Waals surface area contributed by atoms with Crippen molar-refractivity contribution in [3.63, 3.8) is 0 Å². The number of likely N-dealkylation sites (N-methyl/N-ethyl adjacent to an activating group) is 1. The van der Waals surface area contributed by atoms with Crippen molar-refractivity contribution in [2.24, 2.45) is 5.92 Å². The molecule has 0 bridgehead atoms. The van der Waals surface area contributed by atoms with E-state index in [0.717, 1.165) is 12.5 Å². The summed E-state index contributed by atoms with van der Waals surface area (Å²) in [4.78, 5) is 2.32. The van der Waals surface area contributed by atoms with Gasteiger partial charge < -0.3 is 4.90 Å². The minimum absolute atomic E-state index is 0.694. The fourth-order valence-electron chi connectivity index (χ4n) is 1.18. The van der Waals surface area contributed by atoms with Crippen LogP contribution < -0.4 is 0 Å². The summed E-state index contributed by atoms with van der Waals surface area (Å²) in [6, 6.07) is 0.779. The van der Waals surface area contributed by atoms with Gasteiger partial charge in [-0.05, 0) is 13.0 Å². The molecule has 1 rings (SSSR count). The van der Waals surface area contributed by atoms with Crippen molar-refractivity contribution in [3.05, 3.63) is 0 Å². The van der Waals surface area contributed by atoms with Gasteiger partial charge in [0.05, 0.1) is 0 Å². The van der Waals surface area contributed by atoms with Crippen LogP contribution in [-0.2, 0) is 0 Å². The Morgan fingerprint density at radius 3 is 2.78 bits per heavy atom. The van der Waals surface area contributed by atoms with E-state index in [0.29, 0.717) is 5.92 Å². The molecule has 0 N–H and O–H groups in total. The van der Waals surface area contributed by atoms with Crippen LogP contribution >= 0.6 is 0 Å². The zero-order valence-electron chi connectivity index (χ0n) is 6.09. The SMILES string of the molecule is C#CCC(C)C1CN1C. The predicted molar refractivity (Wildman–Crippen MR) is 39.0 cm³/mol. The molecule has 0 aliphatic carbocycles. The van der Waals surface area contributed by atoms with Crippen LogP contribution in [0.3, 0.4) is 0 Å². The van der Waals surface area contributed by atoms with Crippen LogP contribution in [0.5, 0.6) is 0 Å². The molecule has 0 aromatic carbocycles. The Hall–Kier alpha value is -0.480. The van der Waals surface area contributed by atoms with Gasteiger partial charge in [-0.25, -0.2) is 0 Å². The van der Waals surface area contributed by atoms with Crippen molar-refractivity contribution in [3.8, 4) is 12.3 Å². The second-order valence-corrected chi connectivity index (χ2v) is 2.89. The van der Waals surface area contributed by atoms with Gasteiger partial charge in [0.2, 0.25) is 0 Å². The molecule has 1 nitrogen and oxygen atoms in total. The first-order valence-electron chi connectivity index (χ1n) is 3.39. The van der Waals surface area contributed by atoms with Gasteiger partial charge in [0, 0.05) is 19.0 Å². The third kappa shape index (κ3) is 1.46. The van der Waals surface area contributed by atoms with Crippen LogP contribution in [0.15, 0.2) is 0 Å². The number of nitrogens with zero attached hydrogens (tertiary/aromatic N) is 1. The molecular formula is C8H13N. The molecule has 0 saturated carbocycles. The molecule has 0 aromatic heterocycles. The molecule has 50 valence electrons. The van der Waals surface area contributed by atoms with E-state index < -0.39 is 0 Å². The maximum Gasteiger partial charge on any atom is 0.0255 e. The van der Waals surface area contributed by atoms with Gasteiger partial charge in [-0.2, -0.15) is 0 Å². The molecule has 0 spiro atoms. The Kier molecular flexibility index (Phi) is 1.78. The smallest absolute Gasteiger partial charge is 0.0255 e. The van der Waals surface area contributed by atoms with Crippen LogP contribution in [0.1, 0.15) is 13.3 Å². The number of hydrogen-bond donors (Lipinski definition) is 0. The van der Waals surface area contributed by atoms with E-state index in [1.165, 1.54) is 6.54 Å². The molecule has 1 fully saturated rings. The van der Waals surface area contributed by atoms with E-state index in [4.69, 9.17) is 6.42 Å². The van der Waals surface area contributed by atoms with E-state index in [1.807, 2.05) is 0 Å². The lowest BCUT2D eigenvalue weighted by atomic mass is 10.1. The van der Waals surface area contributed by atoms with Crippen molar-refractivity contribution in [1.82, 2.24) is 4.90 Å². The first kappa shape index (κ1) is 6.64. The van der Waals surface area contributed by atoms with Crippen molar-refractivity contribution in [2.45, 2.75) is 19.4 Å². The molecule has 1 heteroatoms. The summed E-state index contributed by atoms with van der Waals surface area (Å²) >= 11 is 0.